The fourth-order valence-corrected chi connectivity index (χ4v) is 5.65. The number of fused-ring (bicyclic) bond motifs is 2. The van der Waals surface area contributed by atoms with Gasteiger partial charge >= 0.3 is 6.18 Å². The van der Waals surface area contributed by atoms with Gasteiger partial charge < -0.3 is 10.6 Å². The molecule has 6 nitrogen and oxygen atoms in total. The average molecular weight is 520 g/mol. The van der Waals surface area contributed by atoms with Gasteiger partial charge in [0.15, 0.2) is 0 Å². The summed E-state index contributed by atoms with van der Waals surface area (Å²) in [4.78, 5) is 17.1. The van der Waals surface area contributed by atoms with Gasteiger partial charge in [-0.15, -0.1) is 0 Å². The Hall–Kier alpha value is -2.81. The Morgan fingerprint density at radius 2 is 1.92 bits per heavy atom. The Bertz CT molecular complexity index is 1290. The summed E-state index contributed by atoms with van der Waals surface area (Å²) in [7, 11) is 0. The number of nitrogens with one attached hydrogen (secondary N) is 2. The van der Waals surface area contributed by atoms with E-state index in [9.17, 15) is 18.0 Å². The van der Waals surface area contributed by atoms with Crippen molar-refractivity contribution in [3.05, 3.63) is 51.9 Å². The monoisotopic (exact) mass is 519 g/mol. The van der Waals surface area contributed by atoms with Crippen molar-refractivity contribution in [3.8, 4) is 0 Å². The van der Waals surface area contributed by atoms with E-state index in [2.05, 4.69) is 20.7 Å². The zero-order valence-electron chi connectivity index (χ0n) is 20.1. The number of carbonyl (C=O) groups is 1. The summed E-state index contributed by atoms with van der Waals surface area (Å²) in [5.74, 6) is -0.112. The molecule has 2 atom stereocenters. The van der Waals surface area contributed by atoms with Crippen molar-refractivity contribution in [2.45, 2.75) is 83.1 Å². The number of pyridine rings is 1. The lowest BCUT2D eigenvalue weighted by molar-refractivity contribution is -0.140. The van der Waals surface area contributed by atoms with Crippen molar-refractivity contribution >= 4 is 34.1 Å². The second-order valence-electron chi connectivity index (χ2n) is 9.69. The minimum Gasteiger partial charge on any atom is -0.382 e. The lowest BCUT2D eigenvalue weighted by atomic mass is 9.90. The van der Waals surface area contributed by atoms with Crippen molar-refractivity contribution in [1.82, 2.24) is 20.1 Å². The highest BCUT2D eigenvalue weighted by Crippen LogP contribution is 2.35. The quantitative estimate of drug-likeness (QED) is 0.424. The van der Waals surface area contributed by atoms with Crippen molar-refractivity contribution < 1.29 is 18.0 Å². The lowest BCUT2D eigenvalue weighted by Gasteiger charge is -2.31. The second-order valence-corrected chi connectivity index (χ2v) is 10.1. The van der Waals surface area contributed by atoms with Crippen LogP contribution in [-0.4, -0.2) is 32.8 Å². The SMILES string of the molecule is CCn1nc2c(c1C(=O)N[C@@H]1CCC[C@H](Nc3cc(C(F)(F)F)nc4ccc(Cl)cc34)C1)CCCC2. The number of nitrogens with zero attached hydrogens (tertiary/aromatic N) is 3. The summed E-state index contributed by atoms with van der Waals surface area (Å²) >= 11 is 6.14. The van der Waals surface area contributed by atoms with E-state index in [0.717, 1.165) is 62.3 Å². The zero-order chi connectivity index (χ0) is 25.4. The highest BCUT2D eigenvalue weighted by Gasteiger charge is 2.34. The molecule has 5 rings (SSSR count). The summed E-state index contributed by atoms with van der Waals surface area (Å²) in [5, 5.41) is 12.1. The van der Waals surface area contributed by atoms with E-state index in [1.54, 1.807) is 10.7 Å². The fraction of sp³-hybridized carbons (Fsp3) is 0.500. The highest BCUT2D eigenvalue weighted by atomic mass is 35.5. The van der Waals surface area contributed by atoms with E-state index in [4.69, 9.17) is 11.6 Å². The zero-order valence-corrected chi connectivity index (χ0v) is 20.8. The minimum atomic E-state index is -4.56. The van der Waals surface area contributed by atoms with Gasteiger partial charge in [0.2, 0.25) is 0 Å². The predicted molar refractivity (Wildman–Crippen MR) is 133 cm³/mol. The third-order valence-corrected chi connectivity index (χ3v) is 7.40. The van der Waals surface area contributed by atoms with Crippen LogP contribution in [0.1, 0.15) is 72.9 Å². The number of benzene rings is 1. The Morgan fingerprint density at radius 1 is 1.14 bits per heavy atom. The van der Waals surface area contributed by atoms with Crippen molar-refractivity contribution in [3.63, 3.8) is 0 Å². The topological polar surface area (TPSA) is 71.8 Å². The van der Waals surface area contributed by atoms with Gasteiger partial charge in [-0.2, -0.15) is 18.3 Å². The summed E-state index contributed by atoms with van der Waals surface area (Å²) in [5.41, 5.74) is 2.39. The van der Waals surface area contributed by atoms with Crippen LogP contribution >= 0.6 is 11.6 Å². The normalized spacial score (nSPS) is 20.2. The van der Waals surface area contributed by atoms with Crippen LogP contribution < -0.4 is 10.6 Å². The molecule has 2 aromatic heterocycles. The third kappa shape index (κ3) is 5.03. The maximum Gasteiger partial charge on any atom is 0.433 e. The summed E-state index contributed by atoms with van der Waals surface area (Å²) in [6, 6.07) is 5.53. The van der Waals surface area contributed by atoms with E-state index >= 15 is 0 Å². The third-order valence-electron chi connectivity index (χ3n) is 7.17. The first-order valence-electron chi connectivity index (χ1n) is 12.6. The Balaban J connectivity index is 1.35. The van der Waals surface area contributed by atoms with Gasteiger partial charge in [-0.1, -0.05) is 11.6 Å². The molecule has 3 aromatic rings. The molecule has 0 spiro atoms. The maximum atomic E-state index is 13.5. The van der Waals surface area contributed by atoms with E-state index < -0.39 is 11.9 Å². The molecule has 0 aliphatic heterocycles. The number of alkyl halides is 3. The first-order chi connectivity index (χ1) is 17.2. The van der Waals surface area contributed by atoms with Crippen LogP contribution in [0.25, 0.3) is 10.9 Å². The van der Waals surface area contributed by atoms with Crippen LogP contribution in [-0.2, 0) is 25.6 Å². The minimum absolute atomic E-state index is 0.0815. The number of hydrogen-bond acceptors (Lipinski definition) is 4. The molecule has 10 heteroatoms. The number of rotatable bonds is 5. The Morgan fingerprint density at radius 3 is 2.69 bits per heavy atom. The largest absolute Gasteiger partial charge is 0.433 e. The number of anilines is 1. The van der Waals surface area contributed by atoms with Crippen LogP contribution in [0.5, 0.6) is 0 Å². The lowest BCUT2D eigenvalue weighted by Crippen LogP contribution is -2.42. The maximum absolute atomic E-state index is 13.5. The first-order valence-corrected chi connectivity index (χ1v) is 12.9. The van der Waals surface area contributed by atoms with E-state index in [1.165, 1.54) is 12.1 Å². The number of aromatic nitrogens is 3. The van der Waals surface area contributed by atoms with Gasteiger partial charge in [0.05, 0.1) is 11.2 Å². The molecule has 1 saturated carbocycles. The van der Waals surface area contributed by atoms with Crippen LogP contribution in [0.4, 0.5) is 18.9 Å². The highest BCUT2D eigenvalue weighted by molar-refractivity contribution is 6.31. The number of carbonyl (C=O) groups excluding carboxylic acids is 1. The van der Waals surface area contributed by atoms with Gasteiger partial charge in [-0.25, -0.2) is 4.98 Å². The molecule has 0 bridgehead atoms. The number of hydrogen-bond donors (Lipinski definition) is 2. The van der Waals surface area contributed by atoms with Crippen molar-refractivity contribution in [2.24, 2.45) is 0 Å². The molecule has 2 heterocycles. The fourth-order valence-electron chi connectivity index (χ4n) is 5.48. The van der Waals surface area contributed by atoms with E-state index in [-0.39, 0.29) is 23.5 Å². The van der Waals surface area contributed by atoms with Crippen LogP contribution in [0.15, 0.2) is 24.3 Å². The smallest absolute Gasteiger partial charge is 0.382 e. The van der Waals surface area contributed by atoms with Crippen molar-refractivity contribution in [2.75, 3.05) is 5.32 Å². The molecule has 0 saturated heterocycles. The van der Waals surface area contributed by atoms with Gasteiger partial charge in [-0.3, -0.25) is 9.48 Å². The molecule has 2 N–H and O–H groups in total. The first kappa shape index (κ1) is 24.9. The van der Waals surface area contributed by atoms with Crippen LogP contribution in [0.3, 0.4) is 0 Å². The molecule has 36 heavy (non-hydrogen) atoms. The average Bonchev–Trinajstić information content (AvgIpc) is 3.23. The van der Waals surface area contributed by atoms with Gasteiger partial charge in [0, 0.05) is 40.3 Å². The number of amides is 1. The molecule has 0 unspecified atom stereocenters. The Kier molecular flexibility index (Phi) is 6.85. The Labute approximate surface area is 212 Å². The molecule has 2 aliphatic rings. The molecule has 192 valence electrons. The standard InChI is InChI=1S/C26H29ClF3N5O/c1-2-35-24(18-8-3-4-9-21(18)34-35)25(36)32-17-7-5-6-16(13-17)31-22-14-23(26(28,29)30)33-20-11-10-15(27)12-19(20)22/h10-12,14,16-17H,2-9,13H2,1H3,(H,31,33)(H,32,36)/t16-,17+/m0/s1. The summed E-state index contributed by atoms with van der Waals surface area (Å²) < 4.78 is 42.3. The number of aryl methyl sites for hydroxylation is 2. The van der Waals surface area contributed by atoms with Crippen LogP contribution in [0.2, 0.25) is 5.02 Å². The van der Waals surface area contributed by atoms with Gasteiger partial charge in [0.1, 0.15) is 11.4 Å². The molecular formula is C26H29ClF3N5O. The molecule has 1 amide bonds. The van der Waals surface area contributed by atoms with Crippen molar-refractivity contribution in [1.29, 1.82) is 0 Å². The second kappa shape index (κ2) is 9.92. The number of halogens is 4. The van der Waals surface area contributed by atoms with E-state index in [1.807, 2.05) is 6.92 Å². The molecular weight excluding hydrogens is 491 g/mol. The molecule has 1 aromatic carbocycles. The molecule has 1 fully saturated rings. The summed E-state index contributed by atoms with van der Waals surface area (Å²) in [6.45, 7) is 2.61. The van der Waals surface area contributed by atoms with Gasteiger partial charge in [0.25, 0.3) is 5.91 Å². The van der Waals surface area contributed by atoms with Crippen LogP contribution in [0, 0.1) is 0 Å². The predicted octanol–water partition coefficient (Wildman–Crippen LogP) is 6.16. The van der Waals surface area contributed by atoms with Gasteiger partial charge in [-0.05, 0) is 82.6 Å². The molecule has 0 radical (unpaired) electrons. The summed E-state index contributed by atoms with van der Waals surface area (Å²) in [6.07, 6.45) is 2.44. The molecule has 2 aliphatic carbocycles. The van der Waals surface area contributed by atoms with E-state index in [0.29, 0.717) is 34.8 Å².